The Balaban J connectivity index is 1.88. The van der Waals surface area contributed by atoms with Crippen LogP contribution in [0.1, 0.15) is 178 Å². The third-order valence-corrected chi connectivity index (χ3v) is 11.2. The van der Waals surface area contributed by atoms with Crippen molar-refractivity contribution in [1.29, 1.82) is 0 Å². The summed E-state index contributed by atoms with van der Waals surface area (Å²) >= 11 is 0. The fourth-order valence-electron chi connectivity index (χ4n) is 7.24. The van der Waals surface area contributed by atoms with Crippen molar-refractivity contribution in [2.75, 3.05) is 59.5 Å². The van der Waals surface area contributed by atoms with Crippen molar-refractivity contribution < 1.29 is 42.9 Å². The van der Waals surface area contributed by atoms with Gasteiger partial charge in [-0.15, -0.1) is 6.58 Å². The molecular formula is C59H88O9. The first-order valence-electron chi connectivity index (χ1n) is 26.2. The van der Waals surface area contributed by atoms with Gasteiger partial charge in [-0.25, -0.2) is 9.78 Å². The lowest BCUT2D eigenvalue weighted by molar-refractivity contribution is -0.286. The van der Waals surface area contributed by atoms with Crippen LogP contribution in [0.25, 0.3) is 24.3 Å². The predicted octanol–water partition coefficient (Wildman–Crippen LogP) is 16.5. The molecule has 0 amide bonds. The van der Waals surface area contributed by atoms with Crippen LogP contribution < -0.4 is 28.4 Å². The average molecular weight is 941 g/mol. The Morgan fingerprint density at radius 1 is 0.353 bits per heavy atom. The van der Waals surface area contributed by atoms with Crippen LogP contribution in [-0.2, 0) is 14.5 Å². The lowest BCUT2D eigenvalue weighted by Crippen LogP contribution is -2.07. The predicted molar refractivity (Wildman–Crippen MR) is 283 cm³/mol. The SMILES string of the molecule is C=CCOOCCCCOc1ccc(C=Cc2ccc(C=Cc3ccc(OCCCCOC=C)c(OCCCCCC)c3OCCCCCC)cc2)c(OCCCCCC)c1OCCCCCC. The van der Waals surface area contributed by atoms with Crippen LogP contribution in [0.2, 0.25) is 0 Å². The minimum absolute atomic E-state index is 0.370. The summed E-state index contributed by atoms with van der Waals surface area (Å²) in [5.74, 6) is 4.25. The van der Waals surface area contributed by atoms with E-state index in [1.165, 1.54) is 57.6 Å². The minimum Gasteiger partial charge on any atom is -0.502 e. The highest BCUT2D eigenvalue weighted by Crippen LogP contribution is 2.43. The van der Waals surface area contributed by atoms with Crippen molar-refractivity contribution in [3.05, 3.63) is 96.3 Å². The monoisotopic (exact) mass is 941 g/mol. The number of hydrogen-bond donors (Lipinski definition) is 0. The van der Waals surface area contributed by atoms with E-state index in [4.69, 9.17) is 42.9 Å². The van der Waals surface area contributed by atoms with E-state index in [2.05, 4.69) is 102 Å². The van der Waals surface area contributed by atoms with Gasteiger partial charge in [0.2, 0.25) is 11.5 Å². The Labute approximate surface area is 412 Å². The molecule has 0 unspecified atom stereocenters. The number of unbranched alkanes of at least 4 members (excludes halogenated alkanes) is 14. The van der Waals surface area contributed by atoms with Crippen LogP contribution in [0.4, 0.5) is 0 Å². The Morgan fingerprint density at radius 3 is 1.12 bits per heavy atom. The van der Waals surface area contributed by atoms with E-state index in [1.54, 1.807) is 6.08 Å². The molecule has 0 radical (unpaired) electrons. The van der Waals surface area contributed by atoms with Crippen molar-refractivity contribution in [3.8, 4) is 34.5 Å². The number of benzene rings is 3. The largest absolute Gasteiger partial charge is 0.502 e. The van der Waals surface area contributed by atoms with E-state index < -0.39 is 0 Å². The van der Waals surface area contributed by atoms with E-state index in [0.717, 1.165) is 111 Å². The van der Waals surface area contributed by atoms with E-state index in [-0.39, 0.29) is 0 Å². The van der Waals surface area contributed by atoms with Crippen LogP contribution in [-0.4, -0.2) is 59.5 Å². The normalized spacial score (nSPS) is 11.3. The first kappa shape index (κ1) is 57.5. The van der Waals surface area contributed by atoms with Gasteiger partial charge in [-0.05, 0) is 86.8 Å². The molecule has 0 saturated heterocycles. The van der Waals surface area contributed by atoms with Crippen molar-refractivity contribution in [1.82, 2.24) is 0 Å². The zero-order valence-electron chi connectivity index (χ0n) is 42.7. The highest BCUT2D eigenvalue weighted by atomic mass is 17.2. The molecule has 0 aliphatic rings. The van der Waals surface area contributed by atoms with Gasteiger partial charge in [0.05, 0.1) is 59.1 Å². The van der Waals surface area contributed by atoms with Gasteiger partial charge in [0.15, 0.2) is 23.0 Å². The van der Waals surface area contributed by atoms with Gasteiger partial charge < -0.3 is 33.2 Å². The van der Waals surface area contributed by atoms with Gasteiger partial charge in [-0.2, -0.15) is 0 Å². The van der Waals surface area contributed by atoms with Crippen molar-refractivity contribution in [2.45, 2.75) is 156 Å². The third kappa shape index (κ3) is 24.4. The van der Waals surface area contributed by atoms with Crippen LogP contribution >= 0.6 is 0 Å². The standard InChI is InChI=1S/C59H88O9/c1-7-13-17-21-45-63-56-52(37-39-54(61-43-26-25-42-60-12-6)58(56)65-47-23-19-15-9-3)35-33-50-29-31-51(32-30-50)34-36-53-38-40-55(62-44-27-28-49-68-67-41-11-5)59(66-48-24-20-16-10-4)57(53)64-46-22-18-14-8-2/h11-12,29-40H,5-10,13-28,41-49H2,1-4H3. The molecule has 0 aliphatic heterocycles. The zero-order chi connectivity index (χ0) is 48.5. The summed E-state index contributed by atoms with van der Waals surface area (Å²) < 4.78 is 44.3. The summed E-state index contributed by atoms with van der Waals surface area (Å²) in [7, 11) is 0. The van der Waals surface area contributed by atoms with Gasteiger partial charge >= 0.3 is 0 Å². The molecule has 0 aromatic heterocycles. The minimum atomic E-state index is 0.370. The summed E-state index contributed by atoms with van der Waals surface area (Å²) in [4.78, 5) is 10.3. The molecule has 0 saturated carbocycles. The van der Waals surface area contributed by atoms with Gasteiger partial charge in [-0.1, -0.05) is 166 Å². The summed E-state index contributed by atoms with van der Waals surface area (Å²) in [6.07, 6.45) is 32.9. The van der Waals surface area contributed by atoms with Crippen LogP contribution in [0.3, 0.4) is 0 Å². The molecule has 0 spiro atoms. The molecule has 3 aromatic carbocycles. The lowest BCUT2D eigenvalue weighted by Gasteiger charge is -2.19. The van der Waals surface area contributed by atoms with E-state index >= 15 is 0 Å². The van der Waals surface area contributed by atoms with Crippen LogP contribution in [0.15, 0.2) is 74.0 Å². The van der Waals surface area contributed by atoms with Gasteiger partial charge in [0, 0.05) is 11.1 Å². The van der Waals surface area contributed by atoms with Crippen LogP contribution in [0, 0.1) is 0 Å². The fourth-order valence-corrected chi connectivity index (χ4v) is 7.24. The van der Waals surface area contributed by atoms with E-state index in [1.807, 2.05) is 12.1 Å². The summed E-state index contributed by atoms with van der Waals surface area (Å²) in [5.41, 5.74) is 4.06. The second-order valence-electron chi connectivity index (χ2n) is 17.1. The number of ether oxygens (including phenoxy) is 7. The zero-order valence-corrected chi connectivity index (χ0v) is 42.7. The summed E-state index contributed by atoms with van der Waals surface area (Å²) in [6, 6.07) is 16.7. The molecule has 0 N–H and O–H groups in total. The van der Waals surface area contributed by atoms with Crippen LogP contribution in [0.5, 0.6) is 34.5 Å². The quantitative estimate of drug-likeness (QED) is 0.0137. The van der Waals surface area contributed by atoms with E-state index in [9.17, 15) is 0 Å². The molecule has 0 aliphatic carbocycles. The summed E-state index contributed by atoms with van der Waals surface area (Å²) in [6.45, 7) is 21.2. The number of hydrogen-bond acceptors (Lipinski definition) is 9. The average Bonchev–Trinajstić information content (AvgIpc) is 3.35. The Hall–Kier alpha value is -4.86. The molecule has 68 heavy (non-hydrogen) atoms. The maximum Gasteiger partial charge on any atom is 0.204 e. The Kier molecular flexibility index (Phi) is 33.0. The lowest BCUT2D eigenvalue weighted by atomic mass is 10.1. The molecular weight excluding hydrogens is 853 g/mol. The Morgan fingerprint density at radius 2 is 0.721 bits per heavy atom. The molecule has 0 heterocycles. The first-order valence-corrected chi connectivity index (χ1v) is 26.2. The molecule has 378 valence electrons. The van der Waals surface area contributed by atoms with Crippen molar-refractivity contribution in [3.63, 3.8) is 0 Å². The summed E-state index contributed by atoms with van der Waals surface area (Å²) in [5, 5.41) is 0. The maximum atomic E-state index is 6.59. The molecule has 3 rings (SSSR count). The topological polar surface area (TPSA) is 83.1 Å². The molecule has 3 aromatic rings. The second kappa shape index (κ2) is 39.0. The smallest absolute Gasteiger partial charge is 0.204 e. The van der Waals surface area contributed by atoms with Gasteiger partial charge in [0.1, 0.15) is 6.61 Å². The first-order chi connectivity index (χ1) is 33.6. The van der Waals surface area contributed by atoms with E-state index in [0.29, 0.717) is 82.5 Å². The molecule has 0 fully saturated rings. The molecule has 9 nitrogen and oxygen atoms in total. The Bertz CT molecular complexity index is 1800. The molecule has 0 atom stereocenters. The van der Waals surface area contributed by atoms with Gasteiger partial charge in [-0.3, -0.25) is 0 Å². The highest BCUT2D eigenvalue weighted by molar-refractivity contribution is 5.78. The number of rotatable bonds is 44. The van der Waals surface area contributed by atoms with Crippen molar-refractivity contribution in [2.24, 2.45) is 0 Å². The fraction of sp³-hybridized carbons (Fsp3) is 0.559. The van der Waals surface area contributed by atoms with Crippen molar-refractivity contribution >= 4 is 24.3 Å². The molecule has 0 bridgehead atoms. The second-order valence-corrected chi connectivity index (χ2v) is 17.1. The van der Waals surface area contributed by atoms with Gasteiger partial charge in [0.25, 0.3) is 0 Å². The maximum absolute atomic E-state index is 6.59. The molecule has 9 heteroatoms. The highest BCUT2D eigenvalue weighted by Gasteiger charge is 2.19. The third-order valence-electron chi connectivity index (χ3n) is 11.2.